The minimum atomic E-state index is -5.94. The second-order valence-electron chi connectivity index (χ2n) is 1.88. The quantitative estimate of drug-likeness (QED) is 0.673. The Balaban J connectivity index is 0. The van der Waals surface area contributed by atoms with Gasteiger partial charge in [-0.3, -0.25) is 0 Å². The molecule has 0 aliphatic carbocycles. The maximum absolute atomic E-state index is 11.4. The van der Waals surface area contributed by atoms with Crippen LogP contribution in [0, 0.1) is 0 Å². The van der Waals surface area contributed by atoms with E-state index in [-0.39, 0.29) is 0 Å². The summed E-state index contributed by atoms with van der Waals surface area (Å²) in [5.41, 5.74) is 0. The zero-order valence-corrected chi connectivity index (χ0v) is 6.70. The average Bonchev–Trinajstić information content (AvgIpc) is 1.86. The van der Waals surface area contributed by atoms with E-state index < -0.39 is 18.5 Å². The first-order valence-corrected chi connectivity index (χ1v) is 2.77. The summed E-state index contributed by atoms with van der Waals surface area (Å²) in [5, 5.41) is 7.39. The molecule has 1 unspecified atom stereocenters. The maximum Gasteiger partial charge on any atom is 0.454 e. The molecule has 0 saturated heterocycles. The highest BCUT2D eigenvalue weighted by Gasteiger charge is 2.62. The van der Waals surface area contributed by atoms with E-state index in [4.69, 9.17) is 5.11 Å². The van der Waals surface area contributed by atoms with Crippen molar-refractivity contribution in [1.82, 2.24) is 0 Å². The Morgan fingerprint density at radius 3 is 1.31 bits per heavy atom. The third-order valence-electron chi connectivity index (χ3n) is 0.687. The molecule has 0 aromatic heterocycles. The molecule has 0 fully saturated rings. The molecule has 0 aromatic rings. The zero-order chi connectivity index (χ0) is 11.3. The van der Waals surface area contributed by atoms with Gasteiger partial charge in [-0.2, -0.15) is 17.6 Å². The van der Waals surface area contributed by atoms with Gasteiger partial charge in [0.25, 0.3) is 0 Å². The Hall–Kier alpha value is -0.500. The molecule has 1 N–H and O–H groups in total. The van der Waals surface area contributed by atoms with E-state index in [0.717, 1.165) is 0 Å². The van der Waals surface area contributed by atoms with E-state index in [9.17, 15) is 26.3 Å². The van der Waals surface area contributed by atoms with Gasteiger partial charge < -0.3 is 9.84 Å². The van der Waals surface area contributed by atoms with Crippen LogP contribution in [0.25, 0.3) is 0 Å². The van der Waals surface area contributed by atoms with Crippen LogP contribution in [0.15, 0.2) is 0 Å². The molecule has 82 valence electrons. The standard InChI is InChI=1S/C3H2F6O.C2H6O/c4-1(5)2(6,10)3(7,8)9;1-3-2/h1,10H;1-2H3. The van der Waals surface area contributed by atoms with E-state index in [0.29, 0.717) is 0 Å². The van der Waals surface area contributed by atoms with Gasteiger partial charge in [-0.1, -0.05) is 0 Å². The van der Waals surface area contributed by atoms with Crippen molar-refractivity contribution in [3.05, 3.63) is 0 Å². The number of hydrogen-bond donors (Lipinski definition) is 1. The molecular weight excluding hydrogens is 206 g/mol. The van der Waals surface area contributed by atoms with E-state index in [1.54, 1.807) is 14.2 Å². The molecule has 0 bridgehead atoms. The Morgan fingerprint density at radius 1 is 1.08 bits per heavy atom. The first kappa shape index (κ1) is 15.0. The molecule has 2 nitrogen and oxygen atoms in total. The summed E-state index contributed by atoms with van der Waals surface area (Å²) in [5.74, 6) is -5.40. The van der Waals surface area contributed by atoms with Gasteiger partial charge >= 0.3 is 18.5 Å². The minimum Gasteiger partial charge on any atom is -0.388 e. The van der Waals surface area contributed by atoms with Gasteiger partial charge in [0, 0.05) is 14.2 Å². The summed E-state index contributed by atoms with van der Waals surface area (Å²) in [7, 11) is 3.25. The van der Waals surface area contributed by atoms with E-state index >= 15 is 0 Å². The molecule has 0 spiro atoms. The van der Waals surface area contributed by atoms with Crippen molar-refractivity contribution in [1.29, 1.82) is 0 Å². The summed E-state index contributed by atoms with van der Waals surface area (Å²) in [6.45, 7) is 0. The van der Waals surface area contributed by atoms with Crippen molar-refractivity contribution < 1.29 is 36.2 Å². The normalized spacial score (nSPS) is 16.2. The predicted molar refractivity (Wildman–Crippen MR) is 31.0 cm³/mol. The summed E-state index contributed by atoms with van der Waals surface area (Å²) in [6.07, 6.45) is -10.4. The number of halogens is 6. The van der Waals surface area contributed by atoms with E-state index in [1.165, 1.54) is 0 Å². The second-order valence-corrected chi connectivity index (χ2v) is 1.88. The van der Waals surface area contributed by atoms with Crippen LogP contribution in [0.4, 0.5) is 26.3 Å². The fourth-order valence-electron chi connectivity index (χ4n) is 0.124. The van der Waals surface area contributed by atoms with E-state index in [1.807, 2.05) is 0 Å². The van der Waals surface area contributed by atoms with Gasteiger partial charge in [-0.15, -0.1) is 0 Å². The van der Waals surface area contributed by atoms with Crippen LogP contribution in [-0.4, -0.2) is 37.8 Å². The minimum absolute atomic E-state index is 1.62. The summed E-state index contributed by atoms with van der Waals surface area (Å²) in [6, 6.07) is 0. The third kappa shape index (κ3) is 4.94. The summed E-state index contributed by atoms with van der Waals surface area (Å²) >= 11 is 0. The lowest BCUT2D eigenvalue weighted by Gasteiger charge is -2.20. The molecule has 0 aliphatic heterocycles. The van der Waals surface area contributed by atoms with Gasteiger partial charge in [0.2, 0.25) is 0 Å². The van der Waals surface area contributed by atoms with Crippen molar-refractivity contribution in [2.75, 3.05) is 14.2 Å². The second kappa shape index (κ2) is 5.28. The molecule has 1 atom stereocenters. The molecule has 13 heavy (non-hydrogen) atoms. The van der Waals surface area contributed by atoms with Gasteiger partial charge in [-0.05, 0) is 0 Å². The number of rotatable bonds is 1. The number of methoxy groups -OCH3 is 1. The zero-order valence-electron chi connectivity index (χ0n) is 6.70. The molecule has 0 radical (unpaired) electrons. The highest BCUT2D eigenvalue weighted by molar-refractivity contribution is 4.76. The highest BCUT2D eigenvalue weighted by Crippen LogP contribution is 2.36. The summed E-state index contributed by atoms with van der Waals surface area (Å²) in [4.78, 5) is 0. The van der Waals surface area contributed by atoms with Gasteiger partial charge in [0.05, 0.1) is 0 Å². The Bertz CT molecular complexity index is 131. The Kier molecular flexibility index (Phi) is 6.09. The molecule has 8 heteroatoms. The number of aliphatic hydroxyl groups is 1. The maximum atomic E-state index is 11.4. The van der Waals surface area contributed by atoms with Crippen molar-refractivity contribution in [2.24, 2.45) is 0 Å². The summed E-state index contributed by atoms with van der Waals surface area (Å²) < 4.78 is 70.5. The number of hydrogen-bond acceptors (Lipinski definition) is 2. The Labute approximate surface area is 70.1 Å². The fraction of sp³-hybridized carbons (Fsp3) is 1.00. The third-order valence-corrected chi connectivity index (χ3v) is 0.687. The topological polar surface area (TPSA) is 29.5 Å². The molecule has 0 rings (SSSR count). The lowest BCUT2D eigenvalue weighted by Crippen LogP contribution is -2.47. The highest BCUT2D eigenvalue weighted by atomic mass is 19.4. The van der Waals surface area contributed by atoms with Crippen molar-refractivity contribution in [2.45, 2.75) is 18.5 Å². The van der Waals surface area contributed by atoms with Crippen LogP contribution in [0.2, 0.25) is 0 Å². The van der Waals surface area contributed by atoms with Gasteiger partial charge in [0.1, 0.15) is 0 Å². The van der Waals surface area contributed by atoms with Gasteiger partial charge in [0.15, 0.2) is 0 Å². The molecule has 0 saturated carbocycles. The number of ether oxygens (including phenoxy) is 1. The largest absolute Gasteiger partial charge is 0.454 e. The fourth-order valence-corrected chi connectivity index (χ4v) is 0.124. The molecule has 0 heterocycles. The smallest absolute Gasteiger partial charge is 0.388 e. The average molecular weight is 214 g/mol. The Morgan fingerprint density at radius 2 is 1.31 bits per heavy atom. The molecule has 0 aliphatic rings. The molecule has 0 amide bonds. The van der Waals surface area contributed by atoms with E-state index in [2.05, 4.69) is 4.74 Å². The SMILES string of the molecule is COC.OC(F)(C(F)F)C(F)(F)F. The van der Waals surface area contributed by atoms with Crippen LogP contribution < -0.4 is 0 Å². The van der Waals surface area contributed by atoms with Crippen molar-refractivity contribution in [3.63, 3.8) is 0 Å². The van der Waals surface area contributed by atoms with Crippen LogP contribution >= 0.6 is 0 Å². The van der Waals surface area contributed by atoms with Crippen molar-refractivity contribution >= 4 is 0 Å². The first-order valence-electron chi connectivity index (χ1n) is 2.77. The van der Waals surface area contributed by atoms with Crippen LogP contribution in [0.1, 0.15) is 0 Å². The lowest BCUT2D eigenvalue weighted by molar-refractivity contribution is -0.352. The lowest BCUT2D eigenvalue weighted by atomic mass is 10.3. The van der Waals surface area contributed by atoms with Crippen LogP contribution in [0.5, 0.6) is 0 Å². The predicted octanol–water partition coefficient (Wildman–Crippen LogP) is 1.73. The molecule has 0 aromatic carbocycles. The monoisotopic (exact) mass is 214 g/mol. The first-order chi connectivity index (χ1) is 5.61. The van der Waals surface area contributed by atoms with Crippen LogP contribution in [0.3, 0.4) is 0 Å². The van der Waals surface area contributed by atoms with Gasteiger partial charge in [-0.25, -0.2) is 8.78 Å². The molecular formula is C5H8F6O2. The van der Waals surface area contributed by atoms with Crippen molar-refractivity contribution in [3.8, 4) is 0 Å². The number of alkyl halides is 6. The van der Waals surface area contributed by atoms with Crippen LogP contribution in [-0.2, 0) is 4.74 Å².